The molecule has 2 heterocycles. The molecule has 0 bridgehead atoms. The Kier molecular flexibility index (Phi) is 1.49. The Bertz CT molecular complexity index is 290. The third-order valence-corrected chi connectivity index (χ3v) is 2.01. The minimum Gasteiger partial charge on any atom is -0.469 e. The second-order valence-electron chi connectivity index (χ2n) is 2.45. The molecule has 0 saturated carbocycles. The van der Waals surface area contributed by atoms with Crippen LogP contribution in [0.3, 0.4) is 0 Å². The van der Waals surface area contributed by atoms with E-state index in [1.54, 1.807) is 6.20 Å². The zero-order valence-electron chi connectivity index (χ0n) is 6.04. The van der Waals surface area contributed by atoms with Crippen molar-refractivity contribution in [1.29, 1.82) is 0 Å². The molecule has 0 N–H and O–H groups in total. The van der Waals surface area contributed by atoms with E-state index in [1.165, 1.54) is 0 Å². The second-order valence-corrected chi connectivity index (χ2v) is 3.36. The van der Waals surface area contributed by atoms with Gasteiger partial charge in [0.05, 0.1) is 0 Å². The zero-order chi connectivity index (χ0) is 7.84. The van der Waals surface area contributed by atoms with Crippen molar-refractivity contribution in [3.05, 3.63) is 16.7 Å². The summed E-state index contributed by atoms with van der Waals surface area (Å²) in [6.45, 7) is 0.596. The van der Waals surface area contributed by atoms with E-state index in [9.17, 15) is 0 Å². The molecule has 1 aromatic rings. The number of hydrogen-bond donors (Lipinski definition) is 0. The van der Waals surface area contributed by atoms with Crippen LogP contribution in [0.25, 0.3) is 0 Å². The highest BCUT2D eigenvalue weighted by Gasteiger charge is 2.17. The van der Waals surface area contributed by atoms with Crippen LogP contribution in [0.2, 0.25) is 0 Å². The highest BCUT2D eigenvalue weighted by atomic mass is 79.9. The molecule has 0 aromatic carbocycles. The van der Waals surface area contributed by atoms with Gasteiger partial charge in [-0.3, -0.25) is 0 Å². The summed E-state index contributed by atoms with van der Waals surface area (Å²) in [6, 6.07) is 1.92. The monoisotopic (exact) mass is 214 g/mol. The molecule has 2 rings (SSSR count). The number of aromatic nitrogens is 1. The lowest BCUT2D eigenvalue weighted by Crippen LogP contribution is -2.15. The maximum Gasteiger partial charge on any atom is 0.173 e. The normalized spacial score (nSPS) is 14.5. The molecule has 0 radical (unpaired) electrons. The van der Waals surface area contributed by atoms with Gasteiger partial charge in [-0.05, 0) is 22.0 Å². The minimum absolute atomic E-state index is 0.596. The molecule has 0 atom stereocenters. The number of fused-ring (bicyclic) bond motifs is 1. The van der Waals surface area contributed by atoms with Crippen LogP contribution >= 0.6 is 15.9 Å². The van der Waals surface area contributed by atoms with Gasteiger partial charge < -0.3 is 9.64 Å². The van der Waals surface area contributed by atoms with Gasteiger partial charge in [-0.1, -0.05) is 0 Å². The van der Waals surface area contributed by atoms with Gasteiger partial charge in [0.25, 0.3) is 0 Å². The van der Waals surface area contributed by atoms with Crippen molar-refractivity contribution in [2.75, 3.05) is 18.7 Å². The van der Waals surface area contributed by atoms with E-state index in [4.69, 9.17) is 4.74 Å². The lowest BCUT2D eigenvalue weighted by molar-refractivity contribution is 0.353. The van der Waals surface area contributed by atoms with Crippen molar-refractivity contribution in [2.45, 2.75) is 0 Å². The fraction of sp³-hybridized carbons (Fsp3) is 0.286. The standard InChI is InChI=1S/C7H7BrN2O/c1-10-4-11-6-2-5(8)3-9-7(6)10/h2-3H,4H2,1H3. The SMILES string of the molecule is CN1COc2cc(Br)cnc21. The van der Waals surface area contributed by atoms with Crippen LogP contribution in [-0.2, 0) is 0 Å². The number of nitrogens with zero attached hydrogens (tertiary/aromatic N) is 2. The predicted molar refractivity (Wildman–Crippen MR) is 45.8 cm³/mol. The van der Waals surface area contributed by atoms with E-state index in [2.05, 4.69) is 20.9 Å². The molecule has 58 valence electrons. The first-order valence-corrected chi connectivity index (χ1v) is 4.06. The number of ether oxygens (including phenoxy) is 1. The van der Waals surface area contributed by atoms with Gasteiger partial charge in [0.1, 0.15) is 0 Å². The van der Waals surface area contributed by atoms with E-state index in [0.29, 0.717) is 6.73 Å². The van der Waals surface area contributed by atoms with Crippen LogP contribution in [0.5, 0.6) is 5.75 Å². The molecular weight excluding hydrogens is 208 g/mol. The Morgan fingerprint density at radius 2 is 2.55 bits per heavy atom. The highest BCUT2D eigenvalue weighted by molar-refractivity contribution is 9.10. The Balaban J connectivity index is 2.50. The molecule has 0 saturated heterocycles. The van der Waals surface area contributed by atoms with Gasteiger partial charge >= 0.3 is 0 Å². The average Bonchev–Trinajstić information content (AvgIpc) is 2.32. The molecule has 1 aliphatic rings. The van der Waals surface area contributed by atoms with Crippen molar-refractivity contribution >= 4 is 21.7 Å². The molecule has 0 aliphatic carbocycles. The summed E-state index contributed by atoms with van der Waals surface area (Å²) in [5.74, 6) is 1.76. The van der Waals surface area contributed by atoms with E-state index >= 15 is 0 Å². The zero-order valence-corrected chi connectivity index (χ0v) is 7.63. The molecule has 3 nitrogen and oxygen atoms in total. The molecule has 0 spiro atoms. The van der Waals surface area contributed by atoms with Gasteiger partial charge in [-0.15, -0.1) is 0 Å². The number of hydrogen-bond acceptors (Lipinski definition) is 3. The summed E-state index contributed by atoms with van der Waals surface area (Å²) >= 11 is 3.32. The van der Waals surface area contributed by atoms with Crippen LogP contribution < -0.4 is 9.64 Å². The van der Waals surface area contributed by atoms with Crippen LogP contribution in [0, 0.1) is 0 Å². The summed E-state index contributed by atoms with van der Waals surface area (Å²) in [5, 5.41) is 0. The largest absolute Gasteiger partial charge is 0.469 e. The first kappa shape index (κ1) is 6.91. The Morgan fingerprint density at radius 3 is 3.36 bits per heavy atom. The molecule has 1 aromatic heterocycles. The maximum atomic E-state index is 5.32. The van der Waals surface area contributed by atoms with Gasteiger partial charge in [0.15, 0.2) is 18.3 Å². The van der Waals surface area contributed by atoms with Crippen molar-refractivity contribution in [3.63, 3.8) is 0 Å². The van der Waals surface area contributed by atoms with Crippen molar-refractivity contribution in [2.24, 2.45) is 0 Å². The number of rotatable bonds is 0. The third kappa shape index (κ3) is 1.07. The van der Waals surface area contributed by atoms with Crippen molar-refractivity contribution < 1.29 is 4.74 Å². The fourth-order valence-electron chi connectivity index (χ4n) is 1.03. The Hall–Kier alpha value is -0.770. The van der Waals surface area contributed by atoms with E-state index < -0.39 is 0 Å². The van der Waals surface area contributed by atoms with Crippen molar-refractivity contribution in [1.82, 2.24) is 4.98 Å². The molecule has 0 fully saturated rings. The molecular formula is C7H7BrN2O. The summed E-state index contributed by atoms with van der Waals surface area (Å²) in [4.78, 5) is 6.15. The summed E-state index contributed by atoms with van der Waals surface area (Å²) in [7, 11) is 1.95. The van der Waals surface area contributed by atoms with Gasteiger partial charge in [-0.2, -0.15) is 0 Å². The smallest absolute Gasteiger partial charge is 0.173 e. The number of anilines is 1. The lowest BCUT2D eigenvalue weighted by Gasteiger charge is -2.05. The number of pyridine rings is 1. The predicted octanol–water partition coefficient (Wildman–Crippen LogP) is 1.63. The van der Waals surface area contributed by atoms with Crippen LogP contribution in [-0.4, -0.2) is 18.8 Å². The second kappa shape index (κ2) is 2.37. The quantitative estimate of drug-likeness (QED) is 0.657. The van der Waals surface area contributed by atoms with Gasteiger partial charge in [-0.25, -0.2) is 4.98 Å². The fourth-order valence-corrected chi connectivity index (χ4v) is 1.34. The highest BCUT2D eigenvalue weighted by Crippen LogP contribution is 2.32. The minimum atomic E-state index is 0.596. The van der Waals surface area contributed by atoms with E-state index in [0.717, 1.165) is 16.0 Å². The molecule has 0 unspecified atom stereocenters. The first-order valence-electron chi connectivity index (χ1n) is 3.27. The van der Waals surface area contributed by atoms with Crippen LogP contribution in [0.15, 0.2) is 16.7 Å². The topological polar surface area (TPSA) is 25.4 Å². The molecule has 0 amide bonds. The van der Waals surface area contributed by atoms with Crippen LogP contribution in [0.1, 0.15) is 0 Å². The summed E-state index contributed by atoms with van der Waals surface area (Å²) in [6.07, 6.45) is 1.77. The van der Waals surface area contributed by atoms with Crippen LogP contribution in [0.4, 0.5) is 5.82 Å². The summed E-state index contributed by atoms with van der Waals surface area (Å²) in [5.41, 5.74) is 0. The van der Waals surface area contributed by atoms with E-state index in [1.807, 2.05) is 18.0 Å². The molecule has 1 aliphatic heterocycles. The van der Waals surface area contributed by atoms with Gasteiger partial charge in [0.2, 0.25) is 0 Å². The lowest BCUT2D eigenvalue weighted by atomic mass is 10.4. The summed E-state index contributed by atoms with van der Waals surface area (Å²) < 4.78 is 6.28. The third-order valence-electron chi connectivity index (χ3n) is 1.57. The average molecular weight is 215 g/mol. The first-order chi connectivity index (χ1) is 5.27. The Labute approximate surface area is 73.1 Å². The molecule has 4 heteroatoms. The van der Waals surface area contributed by atoms with E-state index in [-0.39, 0.29) is 0 Å². The van der Waals surface area contributed by atoms with Crippen molar-refractivity contribution in [3.8, 4) is 5.75 Å². The Morgan fingerprint density at radius 1 is 1.73 bits per heavy atom. The van der Waals surface area contributed by atoms with Gasteiger partial charge in [0, 0.05) is 17.7 Å². The maximum absolute atomic E-state index is 5.32. The number of halogens is 1. The molecule has 11 heavy (non-hydrogen) atoms.